The zero-order valence-corrected chi connectivity index (χ0v) is 19.9. The average Bonchev–Trinajstić information content (AvgIpc) is 3.14. The van der Waals surface area contributed by atoms with Gasteiger partial charge < -0.3 is 9.47 Å². The van der Waals surface area contributed by atoms with Crippen molar-refractivity contribution in [1.82, 2.24) is 9.97 Å². The number of nitrogens with zero attached hydrogens (tertiary/aromatic N) is 2. The molecule has 0 saturated carbocycles. The molecule has 3 rings (SSSR count). The van der Waals surface area contributed by atoms with Gasteiger partial charge in [-0.25, -0.2) is 9.97 Å². The van der Waals surface area contributed by atoms with Gasteiger partial charge in [0.15, 0.2) is 5.82 Å². The fourth-order valence-corrected chi connectivity index (χ4v) is 4.22. The molecule has 0 aliphatic carbocycles. The number of carbonyl (C=O) groups excluding carboxylic acids is 1. The number of hydrogen-bond donors (Lipinski definition) is 0. The lowest BCUT2D eigenvalue weighted by Gasteiger charge is -2.12. The van der Waals surface area contributed by atoms with Crippen LogP contribution in [0, 0.1) is 11.8 Å². The Morgan fingerprint density at radius 2 is 1.72 bits per heavy atom. The van der Waals surface area contributed by atoms with Gasteiger partial charge in [-0.2, -0.15) is 0 Å². The first kappa shape index (κ1) is 24.2. The van der Waals surface area contributed by atoms with Crippen LogP contribution < -0.4 is 4.74 Å². The van der Waals surface area contributed by atoms with E-state index in [1.54, 1.807) is 0 Å². The molecule has 1 aliphatic heterocycles. The summed E-state index contributed by atoms with van der Waals surface area (Å²) in [5.74, 6) is 1.90. The average molecular weight is 439 g/mol. The molecule has 0 spiro atoms. The number of aromatic nitrogens is 2. The lowest BCUT2D eigenvalue weighted by atomic mass is 9.94. The number of esters is 1. The largest absolute Gasteiger partial charge is 0.490 e. The maximum atomic E-state index is 12.0. The zero-order valence-electron chi connectivity index (χ0n) is 19.9. The van der Waals surface area contributed by atoms with Crippen LogP contribution in [0.2, 0.25) is 0 Å². The number of benzene rings is 1. The first-order valence-corrected chi connectivity index (χ1v) is 12.3. The summed E-state index contributed by atoms with van der Waals surface area (Å²) in [7, 11) is 0. The molecule has 0 N–H and O–H groups in total. The molecule has 1 aromatic heterocycles. The van der Waals surface area contributed by atoms with Gasteiger partial charge in [-0.3, -0.25) is 4.79 Å². The van der Waals surface area contributed by atoms with Gasteiger partial charge in [0.05, 0.1) is 5.92 Å². The van der Waals surface area contributed by atoms with Crippen molar-refractivity contribution in [2.45, 2.75) is 84.7 Å². The van der Waals surface area contributed by atoms with Crippen LogP contribution in [0.5, 0.6) is 5.75 Å². The minimum Gasteiger partial charge on any atom is -0.490 e. The maximum absolute atomic E-state index is 12.0. The minimum absolute atomic E-state index is 0.00662. The number of hydrogen-bond acceptors (Lipinski definition) is 5. The Balaban J connectivity index is 1.43. The van der Waals surface area contributed by atoms with Gasteiger partial charge in [0, 0.05) is 24.4 Å². The first-order valence-electron chi connectivity index (χ1n) is 12.3. The van der Waals surface area contributed by atoms with Gasteiger partial charge in [-0.1, -0.05) is 52.9 Å². The lowest BCUT2D eigenvalue weighted by molar-refractivity contribution is -0.145. The Hall–Kier alpha value is -2.43. The number of ether oxygens (including phenoxy) is 2. The number of unbranched alkanes of at least 4 members (excludes halogenated alkanes) is 5. The number of rotatable bonds is 13. The summed E-state index contributed by atoms with van der Waals surface area (Å²) in [4.78, 5) is 21.1. The molecule has 1 aromatic carbocycles. The quantitative estimate of drug-likeness (QED) is 0.267. The molecular weight excluding hydrogens is 400 g/mol. The van der Waals surface area contributed by atoms with Crippen LogP contribution in [0.15, 0.2) is 36.7 Å². The maximum Gasteiger partial charge on any atom is 0.309 e. The third-order valence-corrected chi connectivity index (χ3v) is 5.99. The monoisotopic (exact) mass is 438 g/mol. The van der Waals surface area contributed by atoms with Crippen molar-refractivity contribution in [3.05, 3.63) is 42.2 Å². The van der Waals surface area contributed by atoms with Crippen molar-refractivity contribution >= 4 is 5.97 Å². The van der Waals surface area contributed by atoms with Crippen molar-refractivity contribution in [1.29, 1.82) is 0 Å². The summed E-state index contributed by atoms with van der Waals surface area (Å²) < 4.78 is 11.3. The Labute approximate surface area is 193 Å². The van der Waals surface area contributed by atoms with E-state index in [2.05, 4.69) is 30.7 Å². The SMILES string of the molecule is CCCCCCCCc1cnc(-c2ccc(OC[C@@H]3C[C@@H](CC(C)C)C(=O)O3)cc2)nc1. The second-order valence-corrected chi connectivity index (χ2v) is 9.39. The predicted molar refractivity (Wildman–Crippen MR) is 127 cm³/mol. The van der Waals surface area contributed by atoms with E-state index in [1.165, 1.54) is 44.1 Å². The molecule has 1 fully saturated rings. The first-order chi connectivity index (χ1) is 15.5. The molecule has 32 heavy (non-hydrogen) atoms. The van der Waals surface area contributed by atoms with Crippen LogP contribution in [0.4, 0.5) is 0 Å². The highest BCUT2D eigenvalue weighted by Gasteiger charge is 2.34. The number of cyclic esters (lactones) is 1. The summed E-state index contributed by atoms with van der Waals surface area (Å²) in [6, 6.07) is 7.79. The number of aryl methyl sites for hydroxylation is 1. The van der Waals surface area contributed by atoms with E-state index < -0.39 is 0 Å². The van der Waals surface area contributed by atoms with Crippen LogP contribution in [-0.2, 0) is 16.0 Å². The second kappa shape index (κ2) is 12.6. The zero-order chi connectivity index (χ0) is 22.8. The fourth-order valence-electron chi connectivity index (χ4n) is 4.22. The summed E-state index contributed by atoms with van der Waals surface area (Å²) in [5.41, 5.74) is 2.17. The Morgan fingerprint density at radius 3 is 2.41 bits per heavy atom. The van der Waals surface area contributed by atoms with E-state index in [9.17, 15) is 4.79 Å². The lowest BCUT2D eigenvalue weighted by Crippen LogP contribution is -2.17. The van der Waals surface area contributed by atoms with E-state index in [1.807, 2.05) is 36.7 Å². The van der Waals surface area contributed by atoms with Crippen molar-refractivity contribution < 1.29 is 14.3 Å². The molecule has 2 aromatic rings. The molecule has 174 valence electrons. The third kappa shape index (κ3) is 7.61. The highest BCUT2D eigenvalue weighted by Crippen LogP contribution is 2.28. The van der Waals surface area contributed by atoms with E-state index in [4.69, 9.17) is 9.47 Å². The topological polar surface area (TPSA) is 61.3 Å². The normalized spacial score (nSPS) is 18.2. The van der Waals surface area contributed by atoms with Gasteiger partial charge in [-0.15, -0.1) is 0 Å². The molecular formula is C27H38N2O3. The highest BCUT2D eigenvalue weighted by molar-refractivity contribution is 5.74. The Bertz CT molecular complexity index is 818. The van der Waals surface area contributed by atoms with E-state index in [-0.39, 0.29) is 18.0 Å². The van der Waals surface area contributed by atoms with E-state index in [0.29, 0.717) is 12.5 Å². The Morgan fingerprint density at radius 1 is 1.03 bits per heavy atom. The molecule has 1 aliphatic rings. The van der Waals surface area contributed by atoms with Gasteiger partial charge in [0.2, 0.25) is 0 Å². The molecule has 1 saturated heterocycles. The molecule has 5 heteroatoms. The van der Waals surface area contributed by atoms with Crippen LogP contribution >= 0.6 is 0 Å². The van der Waals surface area contributed by atoms with Gasteiger partial charge >= 0.3 is 5.97 Å². The van der Waals surface area contributed by atoms with Crippen LogP contribution in [-0.4, -0.2) is 28.6 Å². The van der Waals surface area contributed by atoms with Gasteiger partial charge in [0.1, 0.15) is 18.5 Å². The smallest absolute Gasteiger partial charge is 0.309 e. The second-order valence-electron chi connectivity index (χ2n) is 9.39. The van der Waals surface area contributed by atoms with Crippen LogP contribution in [0.1, 0.15) is 77.7 Å². The Kier molecular flexibility index (Phi) is 9.51. The van der Waals surface area contributed by atoms with Gasteiger partial charge in [0.25, 0.3) is 0 Å². The molecule has 0 amide bonds. The fraction of sp³-hybridized carbons (Fsp3) is 0.593. The molecule has 2 atom stereocenters. The molecule has 2 heterocycles. The van der Waals surface area contributed by atoms with Crippen molar-refractivity contribution in [3.8, 4) is 17.1 Å². The summed E-state index contributed by atoms with van der Waals surface area (Å²) in [6.07, 6.45) is 14.2. The van der Waals surface area contributed by atoms with E-state index >= 15 is 0 Å². The van der Waals surface area contributed by atoms with E-state index in [0.717, 1.165) is 36.4 Å². The van der Waals surface area contributed by atoms with Crippen molar-refractivity contribution in [2.75, 3.05) is 6.61 Å². The molecule has 5 nitrogen and oxygen atoms in total. The van der Waals surface area contributed by atoms with Crippen molar-refractivity contribution in [3.63, 3.8) is 0 Å². The molecule has 0 bridgehead atoms. The molecule has 0 unspecified atom stereocenters. The standard InChI is InChI=1S/C27H38N2O3/c1-4-5-6-7-8-9-10-21-17-28-26(29-18-21)22-11-13-24(14-12-22)31-19-25-16-23(15-20(2)3)27(30)32-25/h11-14,17-18,20,23,25H,4-10,15-16,19H2,1-3H3/t23-,25+/m1/s1. The third-order valence-electron chi connectivity index (χ3n) is 5.99. The number of carbonyl (C=O) groups is 1. The summed E-state index contributed by atoms with van der Waals surface area (Å²) >= 11 is 0. The summed E-state index contributed by atoms with van der Waals surface area (Å²) in [5, 5.41) is 0. The minimum atomic E-state index is -0.159. The summed E-state index contributed by atoms with van der Waals surface area (Å²) in [6.45, 7) is 6.90. The van der Waals surface area contributed by atoms with Crippen molar-refractivity contribution in [2.24, 2.45) is 11.8 Å². The van der Waals surface area contributed by atoms with Crippen LogP contribution in [0.25, 0.3) is 11.4 Å². The van der Waals surface area contributed by atoms with Gasteiger partial charge in [-0.05, 0) is 55.0 Å². The molecule has 0 radical (unpaired) electrons. The highest BCUT2D eigenvalue weighted by atomic mass is 16.6. The van der Waals surface area contributed by atoms with Crippen LogP contribution in [0.3, 0.4) is 0 Å². The predicted octanol–water partition coefficient (Wildman–Crippen LogP) is 6.40.